The average Bonchev–Trinajstić information content (AvgIpc) is 2.99. The molecule has 0 unspecified atom stereocenters. The lowest BCUT2D eigenvalue weighted by molar-refractivity contribution is 0.0950. The highest BCUT2D eigenvalue weighted by Crippen LogP contribution is 2.23. The molecule has 116 valence electrons. The van der Waals surface area contributed by atoms with E-state index < -0.39 is 0 Å². The van der Waals surface area contributed by atoms with E-state index >= 15 is 0 Å². The minimum Gasteiger partial charge on any atom is -0.348 e. The van der Waals surface area contributed by atoms with E-state index in [0.29, 0.717) is 12.1 Å². The van der Waals surface area contributed by atoms with Crippen LogP contribution in [0.25, 0.3) is 10.6 Å². The molecule has 0 aliphatic rings. The van der Waals surface area contributed by atoms with Crippen LogP contribution in [0.3, 0.4) is 0 Å². The fourth-order valence-electron chi connectivity index (χ4n) is 2.07. The van der Waals surface area contributed by atoms with Crippen LogP contribution in [0.2, 0.25) is 0 Å². The highest BCUT2D eigenvalue weighted by molar-refractivity contribution is 9.10. The Hall–Kier alpha value is -2.05. The van der Waals surface area contributed by atoms with Crippen LogP contribution in [-0.2, 0) is 6.54 Å². The number of aromatic nitrogens is 2. The molecule has 1 aromatic carbocycles. The van der Waals surface area contributed by atoms with Crippen molar-refractivity contribution in [3.63, 3.8) is 0 Å². The Labute approximate surface area is 146 Å². The van der Waals surface area contributed by atoms with Gasteiger partial charge in [-0.1, -0.05) is 24.3 Å². The molecule has 0 fully saturated rings. The number of pyridine rings is 1. The lowest BCUT2D eigenvalue weighted by atomic mass is 10.1. The number of benzene rings is 1. The number of halogens is 1. The molecular formula is C17H14BrN3OS. The smallest absolute Gasteiger partial charge is 0.253 e. The Kier molecular flexibility index (Phi) is 4.83. The summed E-state index contributed by atoms with van der Waals surface area (Å²) in [6, 6.07) is 9.81. The molecule has 2 aromatic heterocycles. The van der Waals surface area contributed by atoms with E-state index in [1.54, 1.807) is 29.8 Å². The molecule has 1 N–H and O–H groups in total. The topological polar surface area (TPSA) is 54.9 Å². The first-order chi connectivity index (χ1) is 11.1. The Balaban J connectivity index is 1.63. The van der Waals surface area contributed by atoms with Crippen LogP contribution in [0.1, 0.15) is 21.6 Å². The van der Waals surface area contributed by atoms with Crippen LogP contribution in [-0.4, -0.2) is 15.9 Å². The third-order valence-corrected chi connectivity index (χ3v) is 4.68. The zero-order valence-corrected chi connectivity index (χ0v) is 14.8. The van der Waals surface area contributed by atoms with Crippen molar-refractivity contribution >= 4 is 33.2 Å². The maximum Gasteiger partial charge on any atom is 0.253 e. The molecular weight excluding hydrogens is 374 g/mol. The van der Waals surface area contributed by atoms with Crippen molar-refractivity contribution in [3.05, 3.63) is 69.4 Å². The van der Waals surface area contributed by atoms with Gasteiger partial charge in [-0.3, -0.25) is 9.78 Å². The first kappa shape index (κ1) is 15.8. The SMILES string of the molecule is Cc1csc(-c2ccc(CNC(=O)c3cncc(Br)c3)cc2)n1. The Morgan fingerprint density at radius 3 is 2.70 bits per heavy atom. The summed E-state index contributed by atoms with van der Waals surface area (Å²) in [5.41, 5.74) is 3.70. The van der Waals surface area contributed by atoms with Gasteiger partial charge in [-0.2, -0.15) is 0 Å². The van der Waals surface area contributed by atoms with Crippen LogP contribution >= 0.6 is 27.3 Å². The third-order valence-electron chi connectivity index (χ3n) is 3.24. The molecule has 0 spiro atoms. The number of nitrogens with one attached hydrogen (secondary N) is 1. The second-order valence-electron chi connectivity index (χ2n) is 5.07. The Bertz CT molecular complexity index is 830. The van der Waals surface area contributed by atoms with E-state index in [4.69, 9.17) is 0 Å². The second kappa shape index (κ2) is 7.02. The van der Waals surface area contributed by atoms with Gasteiger partial charge in [-0.25, -0.2) is 4.98 Å². The van der Waals surface area contributed by atoms with Gasteiger partial charge < -0.3 is 5.32 Å². The third kappa shape index (κ3) is 4.03. The Morgan fingerprint density at radius 1 is 1.26 bits per heavy atom. The van der Waals surface area contributed by atoms with Crippen molar-refractivity contribution in [2.24, 2.45) is 0 Å². The van der Waals surface area contributed by atoms with Gasteiger partial charge in [0.1, 0.15) is 5.01 Å². The van der Waals surface area contributed by atoms with E-state index in [9.17, 15) is 4.79 Å². The summed E-state index contributed by atoms with van der Waals surface area (Å²) < 4.78 is 0.785. The van der Waals surface area contributed by atoms with Crippen LogP contribution in [0.5, 0.6) is 0 Å². The monoisotopic (exact) mass is 387 g/mol. The van der Waals surface area contributed by atoms with Gasteiger partial charge in [0.2, 0.25) is 0 Å². The number of amides is 1. The Morgan fingerprint density at radius 2 is 2.04 bits per heavy atom. The van der Waals surface area contributed by atoms with Gasteiger partial charge in [-0.15, -0.1) is 11.3 Å². The molecule has 2 heterocycles. The summed E-state index contributed by atoms with van der Waals surface area (Å²) in [6.45, 7) is 2.46. The van der Waals surface area contributed by atoms with Gasteiger partial charge in [-0.05, 0) is 34.5 Å². The maximum atomic E-state index is 12.1. The molecule has 6 heteroatoms. The maximum absolute atomic E-state index is 12.1. The predicted octanol–water partition coefficient (Wildman–Crippen LogP) is 4.21. The fraction of sp³-hybridized carbons (Fsp3) is 0.118. The number of hydrogen-bond donors (Lipinski definition) is 1. The molecule has 0 saturated heterocycles. The molecule has 0 atom stereocenters. The number of nitrogens with zero attached hydrogens (tertiary/aromatic N) is 2. The standard InChI is InChI=1S/C17H14BrN3OS/c1-11-10-23-17(21-11)13-4-2-12(3-5-13)7-20-16(22)14-6-15(18)9-19-8-14/h2-6,8-10H,7H2,1H3,(H,20,22). The molecule has 3 rings (SSSR count). The molecule has 23 heavy (non-hydrogen) atoms. The predicted molar refractivity (Wildman–Crippen MR) is 95.4 cm³/mol. The first-order valence-corrected chi connectivity index (χ1v) is 8.69. The quantitative estimate of drug-likeness (QED) is 0.729. The molecule has 1 amide bonds. The minimum atomic E-state index is -0.140. The highest BCUT2D eigenvalue weighted by Gasteiger charge is 2.07. The number of carbonyl (C=O) groups excluding carboxylic acids is 1. The lowest BCUT2D eigenvalue weighted by Crippen LogP contribution is -2.22. The number of rotatable bonds is 4. The summed E-state index contributed by atoms with van der Waals surface area (Å²) in [5, 5.41) is 5.94. The van der Waals surface area contributed by atoms with Gasteiger partial charge in [0, 0.05) is 40.0 Å². The largest absolute Gasteiger partial charge is 0.348 e. The lowest BCUT2D eigenvalue weighted by Gasteiger charge is -2.06. The van der Waals surface area contributed by atoms with Crippen molar-refractivity contribution in [1.29, 1.82) is 0 Å². The summed E-state index contributed by atoms with van der Waals surface area (Å²) in [4.78, 5) is 20.5. The minimum absolute atomic E-state index is 0.140. The van der Waals surface area contributed by atoms with Crippen molar-refractivity contribution in [2.75, 3.05) is 0 Å². The fourth-order valence-corrected chi connectivity index (χ4v) is 3.24. The molecule has 0 aliphatic carbocycles. The van der Waals surface area contributed by atoms with Crippen LogP contribution in [0.4, 0.5) is 0 Å². The molecule has 0 bridgehead atoms. The van der Waals surface area contributed by atoms with Crippen molar-refractivity contribution in [1.82, 2.24) is 15.3 Å². The molecule has 0 aliphatic heterocycles. The zero-order valence-electron chi connectivity index (χ0n) is 12.4. The number of hydrogen-bond acceptors (Lipinski definition) is 4. The van der Waals surface area contributed by atoms with E-state index in [-0.39, 0.29) is 5.91 Å². The van der Waals surface area contributed by atoms with Gasteiger partial charge in [0.05, 0.1) is 5.56 Å². The van der Waals surface area contributed by atoms with Crippen molar-refractivity contribution in [3.8, 4) is 10.6 Å². The van der Waals surface area contributed by atoms with E-state index in [0.717, 1.165) is 26.3 Å². The summed E-state index contributed by atoms with van der Waals surface area (Å²) in [6.07, 6.45) is 3.20. The van der Waals surface area contributed by atoms with Gasteiger partial charge in [0.25, 0.3) is 5.91 Å². The summed E-state index contributed by atoms with van der Waals surface area (Å²) in [7, 11) is 0. The normalized spacial score (nSPS) is 10.5. The molecule has 0 saturated carbocycles. The molecule has 4 nitrogen and oxygen atoms in total. The zero-order chi connectivity index (χ0) is 16.2. The van der Waals surface area contributed by atoms with E-state index in [1.807, 2.05) is 36.6 Å². The summed E-state index contributed by atoms with van der Waals surface area (Å²) >= 11 is 4.94. The first-order valence-electron chi connectivity index (χ1n) is 7.02. The number of thiazole rings is 1. The van der Waals surface area contributed by atoms with Gasteiger partial charge >= 0.3 is 0 Å². The number of aryl methyl sites for hydroxylation is 1. The summed E-state index contributed by atoms with van der Waals surface area (Å²) in [5.74, 6) is -0.140. The van der Waals surface area contributed by atoms with Crippen LogP contribution in [0.15, 0.2) is 52.6 Å². The molecule has 3 aromatic rings. The van der Waals surface area contributed by atoms with Crippen molar-refractivity contribution in [2.45, 2.75) is 13.5 Å². The highest BCUT2D eigenvalue weighted by atomic mass is 79.9. The van der Waals surface area contributed by atoms with Gasteiger partial charge in [0.15, 0.2) is 0 Å². The van der Waals surface area contributed by atoms with Crippen LogP contribution in [0, 0.1) is 6.92 Å². The van der Waals surface area contributed by atoms with Crippen molar-refractivity contribution < 1.29 is 4.79 Å². The van der Waals surface area contributed by atoms with E-state index in [2.05, 4.69) is 31.2 Å². The second-order valence-corrected chi connectivity index (χ2v) is 6.84. The van der Waals surface area contributed by atoms with E-state index in [1.165, 1.54) is 0 Å². The number of carbonyl (C=O) groups is 1. The van der Waals surface area contributed by atoms with Crippen LogP contribution < -0.4 is 5.32 Å². The molecule has 0 radical (unpaired) electrons. The average molecular weight is 388 g/mol.